The number of rotatable bonds is 4. The normalized spacial score (nSPS) is 10.7. The Morgan fingerprint density at radius 1 is 1.44 bits per heavy atom. The number of hydrogen-bond acceptors (Lipinski definition) is 4. The number of nitrogens with zero attached hydrogens (tertiary/aromatic N) is 2. The van der Waals surface area contributed by atoms with Gasteiger partial charge in [0, 0.05) is 29.1 Å². The van der Waals surface area contributed by atoms with Gasteiger partial charge in [-0.3, -0.25) is 0 Å². The fourth-order valence-electron chi connectivity index (χ4n) is 1.90. The molecule has 0 aliphatic rings. The van der Waals surface area contributed by atoms with E-state index >= 15 is 0 Å². The predicted octanol–water partition coefficient (Wildman–Crippen LogP) is 3.31. The molecule has 2 aromatic rings. The van der Waals surface area contributed by atoms with Gasteiger partial charge in [-0.2, -0.15) is 0 Å². The van der Waals surface area contributed by atoms with Gasteiger partial charge in [-0.05, 0) is 30.7 Å². The molecule has 0 fully saturated rings. The molecule has 0 bridgehead atoms. The van der Waals surface area contributed by atoms with Gasteiger partial charge in [0.25, 0.3) is 0 Å². The van der Waals surface area contributed by atoms with Gasteiger partial charge in [0.05, 0.1) is 17.2 Å². The van der Waals surface area contributed by atoms with Gasteiger partial charge in [-0.15, -0.1) is 11.3 Å². The second-order valence-electron chi connectivity index (χ2n) is 4.19. The first-order valence-corrected chi connectivity index (χ1v) is 7.38. The fourth-order valence-corrected chi connectivity index (χ4v) is 2.91. The second kappa shape index (κ2) is 5.82. The lowest BCUT2D eigenvalue weighted by molar-refractivity contribution is 0.876. The maximum atomic E-state index is 5.79. The number of benzene rings is 1. The summed E-state index contributed by atoms with van der Waals surface area (Å²) in [4.78, 5) is 6.67. The predicted molar refractivity (Wildman–Crippen MR) is 81.0 cm³/mol. The third-order valence-corrected chi connectivity index (χ3v) is 4.05. The van der Waals surface area contributed by atoms with Crippen molar-refractivity contribution in [1.29, 1.82) is 0 Å². The lowest BCUT2D eigenvalue weighted by atomic mass is 10.1. The summed E-state index contributed by atoms with van der Waals surface area (Å²) < 4.78 is 1.06. The van der Waals surface area contributed by atoms with Crippen LogP contribution in [0, 0.1) is 6.92 Å². The highest BCUT2D eigenvalue weighted by Crippen LogP contribution is 2.25. The van der Waals surface area contributed by atoms with Crippen molar-refractivity contribution in [1.82, 2.24) is 4.98 Å². The molecule has 1 heterocycles. The summed E-state index contributed by atoms with van der Waals surface area (Å²) >= 11 is 5.16. The molecular formula is C13H16BrN3S. The van der Waals surface area contributed by atoms with Crippen LogP contribution in [0.3, 0.4) is 0 Å². The van der Waals surface area contributed by atoms with Crippen LogP contribution in [0.25, 0.3) is 0 Å². The van der Waals surface area contributed by atoms with Crippen molar-refractivity contribution >= 4 is 33.0 Å². The molecule has 0 aliphatic carbocycles. The zero-order chi connectivity index (χ0) is 13.1. The largest absolute Gasteiger partial charge is 0.368 e. The minimum absolute atomic E-state index is 0.537. The quantitative estimate of drug-likeness (QED) is 0.937. The highest BCUT2D eigenvalue weighted by atomic mass is 79.9. The van der Waals surface area contributed by atoms with E-state index in [2.05, 4.69) is 50.4 Å². The number of nitrogens with two attached hydrogens (primary N) is 1. The maximum absolute atomic E-state index is 5.79. The van der Waals surface area contributed by atoms with Crippen LogP contribution in [0.5, 0.6) is 0 Å². The minimum Gasteiger partial charge on any atom is -0.368 e. The van der Waals surface area contributed by atoms with E-state index in [1.165, 1.54) is 0 Å². The summed E-state index contributed by atoms with van der Waals surface area (Å²) in [6.07, 6.45) is 0. The van der Waals surface area contributed by atoms with Crippen LogP contribution in [0.2, 0.25) is 0 Å². The number of aromatic nitrogens is 1. The van der Waals surface area contributed by atoms with Crippen molar-refractivity contribution in [2.75, 3.05) is 11.9 Å². The van der Waals surface area contributed by atoms with Gasteiger partial charge in [0.1, 0.15) is 0 Å². The van der Waals surface area contributed by atoms with Crippen molar-refractivity contribution < 1.29 is 0 Å². The van der Waals surface area contributed by atoms with Crippen LogP contribution in [0.1, 0.15) is 16.3 Å². The Morgan fingerprint density at radius 2 is 2.22 bits per heavy atom. The van der Waals surface area contributed by atoms with E-state index in [1.807, 2.05) is 13.0 Å². The van der Waals surface area contributed by atoms with Crippen molar-refractivity contribution in [2.24, 2.45) is 5.73 Å². The molecule has 0 atom stereocenters. The molecule has 0 spiro atoms. The van der Waals surface area contributed by atoms with Gasteiger partial charge >= 0.3 is 0 Å². The summed E-state index contributed by atoms with van der Waals surface area (Å²) in [5.74, 6) is 0. The molecule has 3 nitrogen and oxygen atoms in total. The SMILES string of the molecule is Cc1nc(CN(C)c2ccc(Br)cc2CN)cs1. The average Bonchev–Trinajstić information content (AvgIpc) is 2.74. The van der Waals surface area contributed by atoms with Crippen molar-refractivity contribution in [3.8, 4) is 0 Å². The van der Waals surface area contributed by atoms with Crippen LogP contribution in [0.4, 0.5) is 5.69 Å². The van der Waals surface area contributed by atoms with E-state index in [0.29, 0.717) is 6.54 Å². The van der Waals surface area contributed by atoms with Crippen molar-refractivity contribution in [3.63, 3.8) is 0 Å². The standard InChI is InChI=1S/C13H16BrN3S/c1-9-16-12(8-18-9)7-17(2)13-4-3-11(14)5-10(13)6-15/h3-5,8H,6-7,15H2,1-2H3. The van der Waals surface area contributed by atoms with E-state index in [1.54, 1.807) is 11.3 Å². The molecule has 0 radical (unpaired) electrons. The molecule has 0 saturated carbocycles. The van der Waals surface area contributed by atoms with Gasteiger partial charge < -0.3 is 10.6 Å². The van der Waals surface area contributed by atoms with E-state index in [-0.39, 0.29) is 0 Å². The highest BCUT2D eigenvalue weighted by molar-refractivity contribution is 9.10. The molecule has 1 aromatic heterocycles. The lowest BCUT2D eigenvalue weighted by Gasteiger charge is -2.21. The van der Waals surface area contributed by atoms with Crippen LogP contribution >= 0.6 is 27.3 Å². The van der Waals surface area contributed by atoms with Gasteiger partial charge in [0.2, 0.25) is 0 Å². The summed E-state index contributed by atoms with van der Waals surface area (Å²) in [6, 6.07) is 6.20. The molecule has 0 unspecified atom stereocenters. The number of hydrogen-bond donors (Lipinski definition) is 1. The Labute approximate surface area is 120 Å². The Hall–Kier alpha value is -0.910. The molecule has 0 amide bonds. The van der Waals surface area contributed by atoms with Gasteiger partial charge in [-0.1, -0.05) is 15.9 Å². The first kappa shape index (κ1) is 13.5. The Bertz CT molecular complexity index is 539. The number of anilines is 1. The zero-order valence-electron chi connectivity index (χ0n) is 10.5. The number of thiazole rings is 1. The first-order chi connectivity index (χ1) is 8.60. The van der Waals surface area contributed by atoms with E-state index < -0.39 is 0 Å². The van der Waals surface area contributed by atoms with Crippen molar-refractivity contribution in [2.45, 2.75) is 20.0 Å². The summed E-state index contributed by atoms with van der Waals surface area (Å²) in [6.45, 7) is 3.37. The molecule has 0 aliphatic heterocycles. The van der Waals surface area contributed by atoms with Crippen LogP contribution in [-0.4, -0.2) is 12.0 Å². The van der Waals surface area contributed by atoms with Gasteiger partial charge in [0.15, 0.2) is 0 Å². The van der Waals surface area contributed by atoms with Gasteiger partial charge in [-0.25, -0.2) is 4.98 Å². The monoisotopic (exact) mass is 325 g/mol. The van der Waals surface area contributed by atoms with E-state index in [4.69, 9.17) is 5.73 Å². The molecule has 96 valence electrons. The Balaban J connectivity index is 2.20. The smallest absolute Gasteiger partial charge is 0.0898 e. The Morgan fingerprint density at radius 3 is 2.83 bits per heavy atom. The topological polar surface area (TPSA) is 42.2 Å². The third-order valence-electron chi connectivity index (χ3n) is 2.74. The lowest BCUT2D eigenvalue weighted by Crippen LogP contribution is -2.19. The summed E-state index contributed by atoms with van der Waals surface area (Å²) in [7, 11) is 2.07. The molecular weight excluding hydrogens is 310 g/mol. The van der Waals surface area contributed by atoms with Crippen LogP contribution in [0.15, 0.2) is 28.1 Å². The summed E-state index contributed by atoms with van der Waals surface area (Å²) in [5.41, 5.74) is 9.19. The molecule has 18 heavy (non-hydrogen) atoms. The fraction of sp³-hybridized carbons (Fsp3) is 0.308. The van der Waals surface area contributed by atoms with E-state index in [9.17, 15) is 0 Å². The zero-order valence-corrected chi connectivity index (χ0v) is 12.9. The average molecular weight is 326 g/mol. The van der Waals surface area contributed by atoms with Crippen molar-refractivity contribution in [3.05, 3.63) is 44.3 Å². The number of halogens is 1. The van der Waals surface area contributed by atoms with Crippen LogP contribution < -0.4 is 10.6 Å². The third kappa shape index (κ3) is 3.10. The minimum atomic E-state index is 0.537. The maximum Gasteiger partial charge on any atom is 0.0898 e. The molecule has 2 rings (SSSR count). The Kier molecular flexibility index (Phi) is 4.37. The molecule has 0 saturated heterocycles. The number of aryl methyl sites for hydroxylation is 1. The molecule has 5 heteroatoms. The van der Waals surface area contributed by atoms with E-state index in [0.717, 1.165) is 33.0 Å². The summed E-state index contributed by atoms with van der Waals surface area (Å²) in [5, 5.41) is 3.21. The second-order valence-corrected chi connectivity index (χ2v) is 6.17. The molecule has 2 N–H and O–H groups in total. The first-order valence-electron chi connectivity index (χ1n) is 5.71. The van der Waals surface area contributed by atoms with Crippen LogP contribution in [-0.2, 0) is 13.1 Å². The molecule has 1 aromatic carbocycles. The highest BCUT2D eigenvalue weighted by Gasteiger charge is 2.09.